The number of para-hydroxylation sites is 1. The van der Waals surface area contributed by atoms with Crippen molar-refractivity contribution in [3.05, 3.63) is 29.8 Å². The number of hydrogen-bond donors (Lipinski definition) is 2. The van der Waals surface area contributed by atoms with Crippen molar-refractivity contribution >= 4 is 0 Å². The van der Waals surface area contributed by atoms with Gasteiger partial charge in [0.05, 0.1) is 7.11 Å². The summed E-state index contributed by atoms with van der Waals surface area (Å²) in [6.45, 7) is 14.1. The van der Waals surface area contributed by atoms with E-state index in [2.05, 4.69) is 34.6 Å². The minimum absolute atomic E-state index is 0.597. The van der Waals surface area contributed by atoms with Gasteiger partial charge in [-0.1, -0.05) is 65.7 Å². The maximum atomic E-state index is 5.04. The van der Waals surface area contributed by atoms with Crippen molar-refractivity contribution in [3.63, 3.8) is 0 Å². The van der Waals surface area contributed by atoms with Crippen molar-refractivity contribution in [1.82, 2.24) is 0 Å². The average Bonchev–Trinajstić information content (AvgIpc) is 2.47. The van der Waals surface area contributed by atoms with Crippen LogP contribution in [-0.2, 0) is 0 Å². The number of unbranched alkanes of at least 4 members (excludes halogenated alkanes) is 1. The Morgan fingerprint density at radius 3 is 1.52 bits per heavy atom. The molecule has 0 aromatic heterocycles. The highest BCUT2D eigenvalue weighted by atomic mass is 16.5. The van der Waals surface area contributed by atoms with Gasteiger partial charge in [-0.3, -0.25) is 0 Å². The van der Waals surface area contributed by atoms with Gasteiger partial charge in [-0.2, -0.15) is 0 Å². The van der Waals surface area contributed by atoms with Crippen LogP contribution in [0.5, 0.6) is 5.75 Å². The SMILES string of the molecule is CC(C)C.CCCC.COc1ccccc1C.NCCN. The summed E-state index contributed by atoms with van der Waals surface area (Å²) in [6.07, 6.45) is 2.64. The molecule has 1 aromatic carbocycles. The van der Waals surface area contributed by atoms with Crippen molar-refractivity contribution in [1.29, 1.82) is 0 Å². The van der Waals surface area contributed by atoms with Crippen molar-refractivity contribution < 1.29 is 4.74 Å². The molecule has 0 saturated heterocycles. The molecule has 3 nitrogen and oxygen atoms in total. The summed E-state index contributed by atoms with van der Waals surface area (Å²) >= 11 is 0. The molecule has 126 valence electrons. The molecular formula is C18H38N2O. The maximum absolute atomic E-state index is 5.04. The highest BCUT2D eigenvalue weighted by Crippen LogP contribution is 2.14. The van der Waals surface area contributed by atoms with Crippen LogP contribution in [0.25, 0.3) is 0 Å². The molecule has 0 amide bonds. The van der Waals surface area contributed by atoms with Gasteiger partial charge in [0.15, 0.2) is 0 Å². The monoisotopic (exact) mass is 298 g/mol. The van der Waals surface area contributed by atoms with E-state index < -0.39 is 0 Å². The fourth-order valence-corrected chi connectivity index (χ4v) is 0.785. The third kappa shape index (κ3) is 28.0. The van der Waals surface area contributed by atoms with Gasteiger partial charge in [0, 0.05) is 13.1 Å². The van der Waals surface area contributed by atoms with Crippen LogP contribution in [0.15, 0.2) is 24.3 Å². The van der Waals surface area contributed by atoms with E-state index >= 15 is 0 Å². The summed E-state index contributed by atoms with van der Waals surface area (Å²) in [6, 6.07) is 7.94. The van der Waals surface area contributed by atoms with Crippen molar-refractivity contribution in [2.75, 3.05) is 20.2 Å². The molecule has 0 spiro atoms. The number of methoxy groups -OCH3 is 1. The van der Waals surface area contributed by atoms with Crippen LogP contribution in [0.4, 0.5) is 0 Å². The van der Waals surface area contributed by atoms with Gasteiger partial charge >= 0.3 is 0 Å². The lowest BCUT2D eigenvalue weighted by Crippen LogP contribution is -2.11. The van der Waals surface area contributed by atoms with Gasteiger partial charge in [0.1, 0.15) is 5.75 Å². The van der Waals surface area contributed by atoms with E-state index in [4.69, 9.17) is 16.2 Å². The summed E-state index contributed by atoms with van der Waals surface area (Å²) in [7, 11) is 1.68. The van der Waals surface area contributed by atoms with E-state index in [0.717, 1.165) is 11.7 Å². The molecule has 0 aliphatic rings. The summed E-state index contributed by atoms with van der Waals surface area (Å²) in [5, 5.41) is 0. The predicted molar refractivity (Wildman–Crippen MR) is 96.9 cm³/mol. The van der Waals surface area contributed by atoms with E-state index in [1.165, 1.54) is 18.4 Å². The van der Waals surface area contributed by atoms with Crippen LogP contribution >= 0.6 is 0 Å². The fourth-order valence-electron chi connectivity index (χ4n) is 0.785. The Morgan fingerprint density at radius 2 is 1.33 bits per heavy atom. The molecule has 3 heteroatoms. The second-order valence-electron chi connectivity index (χ2n) is 5.28. The molecular weight excluding hydrogens is 260 g/mol. The molecule has 0 bridgehead atoms. The molecule has 0 unspecified atom stereocenters. The topological polar surface area (TPSA) is 61.3 Å². The molecule has 0 aliphatic heterocycles. The second kappa shape index (κ2) is 21.2. The Bertz CT molecular complexity index is 278. The van der Waals surface area contributed by atoms with Gasteiger partial charge in [0.25, 0.3) is 0 Å². The summed E-state index contributed by atoms with van der Waals surface area (Å²) < 4.78 is 5.04. The fraction of sp³-hybridized carbons (Fsp3) is 0.667. The Labute approximate surface area is 133 Å². The molecule has 1 rings (SSSR count). The Balaban J connectivity index is -0.000000230. The molecule has 4 N–H and O–H groups in total. The quantitative estimate of drug-likeness (QED) is 0.870. The van der Waals surface area contributed by atoms with E-state index in [-0.39, 0.29) is 0 Å². The molecule has 0 saturated carbocycles. The van der Waals surface area contributed by atoms with Crippen molar-refractivity contribution in [2.45, 2.75) is 54.4 Å². The molecule has 21 heavy (non-hydrogen) atoms. The lowest BCUT2D eigenvalue weighted by atomic mass is 10.2. The largest absolute Gasteiger partial charge is 0.496 e. The third-order valence-electron chi connectivity index (χ3n) is 1.98. The Kier molecular flexibility index (Phi) is 25.2. The minimum atomic E-state index is 0.597. The zero-order valence-corrected chi connectivity index (χ0v) is 15.3. The third-order valence-corrected chi connectivity index (χ3v) is 1.98. The van der Waals surface area contributed by atoms with Crippen molar-refractivity contribution in [3.8, 4) is 5.75 Å². The second-order valence-corrected chi connectivity index (χ2v) is 5.28. The molecule has 1 aromatic rings. The minimum Gasteiger partial charge on any atom is -0.496 e. The van der Waals surface area contributed by atoms with Crippen LogP contribution in [0.2, 0.25) is 0 Å². The van der Waals surface area contributed by atoms with E-state index in [0.29, 0.717) is 13.1 Å². The first kappa shape index (κ1) is 24.9. The van der Waals surface area contributed by atoms with Crippen molar-refractivity contribution in [2.24, 2.45) is 17.4 Å². The van der Waals surface area contributed by atoms with Gasteiger partial charge in [-0.25, -0.2) is 0 Å². The highest BCUT2D eigenvalue weighted by Gasteiger charge is 1.90. The molecule has 0 atom stereocenters. The van der Waals surface area contributed by atoms with Crippen LogP contribution < -0.4 is 16.2 Å². The molecule has 0 aliphatic carbocycles. The molecule has 0 radical (unpaired) electrons. The van der Waals surface area contributed by atoms with E-state index in [1.807, 2.05) is 31.2 Å². The summed E-state index contributed by atoms with van der Waals surface area (Å²) in [5.74, 6) is 1.79. The standard InChI is InChI=1S/C8H10O.2C4H10.C2H8N2/c1-7-5-3-4-6-8(7)9-2;1-4(2)3;1-3-4-2;3-1-2-4/h3-6H,1-2H3;4H,1-3H3;3-4H2,1-2H3;1-4H2. The maximum Gasteiger partial charge on any atom is 0.121 e. The molecule has 0 heterocycles. The zero-order valence-electron chi connectivity index (χ0n) is 15.3. The Hall–Kier alpha value is -1.06. The van der Waals surface area contributed by atoms with Crippen LogP contribution in [-0.4, -0.2) is 20.2 Å². The number of aryl methyl sites for hydroxylation is 1. The van der Waals surface area contributed by atoms with Crippen LogP contribution in [0.1, 0.15) is 53.0 Å². The first-order valence-electron chi connectivity index (χ1n) is 7.90. The van der Waals surface area contributed by atoms with Crippen LogP contribution in [0.3, 0.4) is 0 Å². The lowest BCUT2D eigenvalue weighted by molar-refractivity contribution is 0.411. The zero-order chi connectivity index (χ0) is 17.1. The first-order valence-corrected chi connectivity index (χ1v) is 7.90. The lowest BCUT2D eigenvalue weighted by Gasteiger charge is -2.00. The normalized spacial score (nSPS) is 8.48. The van der Waals surface area contributed by atoms with E-state index in [9.17, 15) is 0 Å². The van der Waals surface area contributed by atoms with E-state index in [1.54, 1.807) is 7.11 Å². The van der Waals surface area contributed by atoms with Crippen LogP contribution in [0, 0.1) is 12.8 Å². The predicted octanol–water partition coefficient (Wildman–Crippen LogP) is 4.38. The van der Waals surface area contributed by atoms with Gasteiger partial charge in [-0.15, -0.1) is 0 Å². The smallest absolute Gasteiger partial charge is 0.121 e. The van der Waals surface area contributed by atoms with Gasteiger partial charge in [-0.05, 0) is 24.5 Å². The summed E-state index contributed by atoms with van der Waals surface area (Å²) in [5.41, 5.74) is 11.0. The number of rotatable bonds is 3. The average molecular weight is 299 g/mol. The molecule has 0 fully saturated rings. The first-order chi connectivity index (χ1) is 9.90. The Morgan fingerprint density at radius 1 is 0.952 bits per heavy atom. The highest BCUT2D eigenvalue weighted by molar-refractivity contribution is 5.31. The van der Waals surface area contributed by atoms with Gasteiger partial charge in [0.2, 0.25) is 0 Å². The number of ether oxygens (including phenoxy) is 1. The summed E-state index contributed by atoms with van der Waals surface area (Å²) in [4.78, 5) is 0. The van der Waals surface area contributed by atoms with Gasteiger partial charge < -0.3 is 16.2 Å². The number of nitrogens with two attached hydrogens (primary N) is 2. The number of benzene rings is 1. The number of hydrogen-bond acceptors (Lipinski definition) is 3.